The van der Waals surface area contributed by atoms with Crippen LogP contribution in [-0.4, -0.2) is 37.2 Å². The van der Waals surface area contributed by atoms with Crippen molar-refractivity contribution >= 4 is 17.9 Å². The lowest BCUT2D eigenvalue weighted by atomic mass is 10.1. The van der Waals surface area contributed by atoms with Gasteiger partial charge in [0.1, 0.15) is 13.2 Å². The monoisotopic (exact) mass is 919 g/mol. The summed E-state index contributed by atoms with van der Waals surface area (Å²) < 4.78 is 16.8. The van der Waals surface area contributed by atoms with E-state index in [1.54, 1.807) is 0 Å². The Morgan fingerprint density at radius 1 is 0.318 bits per heavy atom. The standard InChI is InChI=1S/C60H102O6/c1-4-7-10-13-16-19-22-25-27-29-31-32-35-38-41-44-47-50-53-59(62)65-56-57(55-64-58(61)52-49-46-43-40-37-34-24-21-18-15-12-9-6-3)66-60(63)54-51-48-45-42-39-36-33-30-28-26-23-20-17-14-11-8-5-2/h17,20,22,25-29,31-32,34,37,43,46,57H,4-16,18-19,21,23-24,30,33,35-36,38-42,44-45,47-56H2,1-3H3/b20-17-,25-22-,28-26-,29-27-,32-31-,37-34-,46-43-. The van der Waals surface area contributed by atoms with Gasteiger partial charge in [0.05, 0.1) is 0 Å². The molecule has 0 amide bonds. The minimum atomic E-state index is -0.812. The summed E-state index contributed by atoms with van der Waals surface area (Å²) in [6.45, 7) is 6.52. The van der Waals surface area contributed by atoms with E-state index in [0.717, 1.165) is 89.9 Å². The fourth-order valence-electron chi connectivity index (χ4n) is 7.47. The van der Waals surface area contributed by atoms with E-state index >= 15 is 0 Å². The molecule has 1 unspecified atom stereocenters. The maximum absolute atomic E-state index is 12.8. The van der Waals surface area contributed by atoms with Gasteiger partial charge in [-0.3, -0.25) is 14.4 Å². The van der Waals surface area contributed by atoms with Crippen LogP contribution >= 0.6 is 0 Å². The molecule has 1 atom stereocenters. The summed E-state index contributed by atoms with van der Waals surface area (Å²) in [5.74, 6) is -1.00. The molecule has 0 aromatic heterocycles. The maximum atomic E-state index is 12.8. The second-order valence-corrected chi connectivity index (χ2v) is 18.2. The molecule has 0 aliphatic heterocycles. The highest BCUT2D eigenvalue weighted by molar-refractivity contribution is 5.71. The summed E-state index contributed by atoms with van der Waals surface area (Å²) in [6.07, 6.45) is 70.0. The third-order valence-electron chi connectivity index (χ3n) is 11.7. The lowest BCUT2D eigenvalue weighted by Crippen LogP contribution is -2.30. The van der Waals surface area contributed by atoms with Crippen molar-refractivity contribution in [3.05, 3.63) is 85.1 Å². The number of unbranched alkanes of at least 4 members (excludes halogenated alkanes) is 26. The zero-order chi connectivity index (χ0) is 47.9. The van der Waals surface area contributed by atoms with Crippen molar-refractivity contribution in [2.24, 2.45) is 0 Å². The van der Waals surface area contributed by atoms with Gasteiger partial charge in [-0.1, -0.05) is 228 Å². The molecule has 0 saturated carbocycles. The summed E-state index contributed by atoms with van der Waals surface area (Å²) >= 11 is 0. The molecule has 378 valence electrons. The first-order valence-electron chi connectivity index (χ1n) is 27.6. The molecular weight excluding hydrogens is 817 g/mol. The number of hydrogen-bond donors (Lipinski definition) is 0. The Morgan fingerprint density at radius 3 is 1.08 bits per heavy atom. The van der Waals surface area contributed by atoms with Gasteiger partial charge < -0.3 is 14.2 Å². The van der Waals surface area contributed by atoms with Gasteiger partial charge in [0.25, 0.3) is 0 Å². The average Bonchev–Trinajstić information content (AvgIpc) is 3.31. The van der Waals surface area contributed by atoms with Crippen molar-refractivity contribution in [1.29, 1.82) is 0 Å². The predicted octanol–water partition coefficient (Wildman–Crippen LogP) is 18.4. The zero-order valence-electron chi connectivity index (χ0n) is 43.2. The molecule has 0 saturated heterocycles. The van der Waals surface area contributed by atoms with Crippen molar-refractivity contribution in [2.75, 3.05) is 13.2 Å². The highest BCUT2D eigenvalue weighted by Gasteiger charge is 2.19. The minimum Gasteiger partial charge on any atom is -0.462 e. The Bertz CT molecular complexity index is 1290. The fourth-order valence-corrected chi connectivity index (χ4v) is 7.47. The first kappa shape index (κ1) is 62.6. The smallest absolute Gasteiger partial charge is 0.306 e. The number of allylic oxidation sites excluding steroid dienone is 14. The molecule has 0 aromatic rings. The molecule has 0 bridgehead atoms. The van der Waals surface area contributed by atoms with E-state index in [1.807, 2.05) is 6.08 Å². The van der Waals surface area contributed by atoms with E-state index in [1.165, 1.54) is 122 Å². The maximum Gasteiger partial charge on any atom is 0.306 e. The van der Waals surface area contributed by atoms with Crippen LogP contribution in [0.15, 0.2) is 85.1 Å². The zero-order valence-corrected chi connectivity index (χ0v) is 43.2. The van der Waals surface area contributed by atoms with Crippen LogP contribution in [0.5, 0.6) is 0 Å². The van der Waals surface area contributed by atoms with Crippen LogP contribution in [-0.2, 0) is 28.6 Å². The van der Waals surface area contributed by atoms with Crippen molar-refractivity contribution < 1.29 is 28.6 Å². The lowest BCUT2D eigenvalue weighted by Gasteiger charge is -2.18. The average molecular weight is 919 g/mol. The number of esters is 3. The normalized spacial score (nSPS) is 12.7. The van der Waals surface area contributed by atoms with E-state index in [4.69, 9.17) is 14.2 Å². The van der Waals surface area contributed by atoms with Gasteiger partial charge in [-0.2, -0.15) is 0 Å². The molecule has 0 spiro atoms. The summed E-state index contributed by atoms with van der Waals surface area (Å²) in [5.41, 5.74) is 0. The molecule has 66 heavy (non-hydrogen) atoms. The Labute approximate surface area is 407 Å². The van der Waals surface area contributed by atoms with Gasteiger partial charge in [0.15, 0.2) is 6.10 Å². The van der Waals surface area contributed by atoms with Crippen LogP contribution in [0.3, 0.4) is 0 Å². The highest BCUT2D eigenvalue weighted by atomic mass is 16.6. The molecule has 0 heterocycles. The van der Waals surface area contributed by atoms with Crippen molar-refractivity contribution in [1.82, 2.24) is 0 Å². The molecule has 0 rings (SSSR count). The largest absolute Gasteiger partial charge is 0.462 e. The number of hydrogen-bond acceptors (Lipinski definition) is 6. The van der Waals surface area contributed by atoms with Crippen molar-refractivity contribution in [2.45, 2.75) is 264 Å². The van der Waals surface area contributed by atoms with Crippen molar-refractivity contribution in [3.8, 4) is 0 Å². The number of ether oxygens (including phenoxy) is 3. The molecule has 6 nitrogen and oxygen atoms in total. The molecule has 0 aliphatic carbocycles. The van der Waals surface area contributed by atoms with Crippen LogP contribution in [0, 0.1) is 0 Å². The predicted molar refractivity (Wildman–Crippen MR) is 284 cm³/mol. The fraction of sp³-hybridized carbons (Fsp3) is 0.717. The Kier molecular flexibility index (Phi) is 51.4. The van der Waals surface area contributed by atoms with Gasteiger partial charge in [0.2, 0.25) is 0 Å². The Balaban J connectivity index is 4.49. The van der Waals surface area contributed by atoms with E-state index in [9.17, 15) is 14.4 Å². The van der Waals surface area contributed by atoms with Crippen LogP contribution in [0.1, 0.15) is 258 Å². The molecule has 0 fully saturated rings. The summed E-state index contributed by atoms with van der Waals surface area (Å²) in [7, 11) is 0. The third kappa shape index (κ3) is 51.6. The van der Waals surface area contributed by atoms with Gasteiger partial charge in [-0.15, -0.1) is 0 Å². The summed E-state index contributed by atoms with van der Waals surface area (Å²) in [6, 6.07) is 0. The second-order valence-electron chi connectivity index (χ2n) is 18.2. The molecule has 0 radical (unpaired) electrons. The molecule has 0 aliphatic rings. The van der Waals surface area contributed by atoms with E-state index in [-0.39, 0.29) is 37.5 Å². The van der Waals surface area contributed by atoms with Gasteiger partial charge in [-0.05, 0) is 96.3 Å². The van der Waals surface area contributed by atoms with Crippen molar-refractivity contribution in [3.63, 3.8) is 0 Å². The summed E-state index contributed by atoms with van der Waals surface area (Å²) in [5, 5.41) is 0. The second kappa shape index (κ2) is 54.2. The number of carbonyl (C=O) groups is 3. The van der Waals surface area contributed by atoms with Crippen LogP contribution in [0.25, 0.3) is 0 Å². The van der Waals surface area contributed by atoms with E-state index < -0.39 is 6.10 Å². The van der Waals surface area contributed by atoms with Gasteiger partial charge in [0, 0.05) is 19.3 Å². The van der Waals surface area contributed by atoms with Crippen LogP contribution < -0.4 is 0 Å². The first-order chi connectivity index (χ1) is 32.5. The highest BCUT2D eigenvalue weighted by Crippen LogP contribution is 2.14. The van der Waals surface area contributed by atoms with E-state index in [2.05, 4.69) is 99.8 Å². The first-order valence-corrected chi connectivity index (χ1v) is 27.6. The molecule has 0 aromatic carbocycles. The number of carbonyl (C=O) groups excluding carboxylic acids is 3. The molecule has 0 N–H and O–H groups in total. The number of rotatable bonds is 49. The van der Waals surface area contributed by atoms with Gasteiger partial charge in [-0.25, -0.2) is 0 Å². The minimum absolute atomic E-state index is 0.108. The third-order valence-corrected chi connectivity index (χ3v) is 11.7. The van der Waals surface area contributed by atoms with Crippen LogP contribution in [0.2, 0.25) is 0 Å². The lowest BCUT2D eigenvalue weighted by molar-refractivity contribution is -0.166. The summed E-state index contributed by atoms with van der Waals surface area (Å²) in [4.78, 5) is 38.0. The Hall–Kier alpha value is -3.41. The topological polar surface area (TPSA) is 78.9 Å². The van der Waals surface area contributed by atoms with E-state index in [0.29, 0.717) is 19.3 Å². The van der Waals surface area contributed by atoms with Gasteiger partial charge >= 0.3 is 17.9 Å². The van der Waals surface area contributed by atoms with Crippen LogP contribution in [0.4, 0.5) is 0 Å². The Morgan fingerprint density at radius 2 is 0.636 bits per heavy atom. The quantitative estimate of drug-likeness (QED) is 0.0199. The molecular formula is C60H102O6. The molecule has 6 heteroatoms. The SMILES string of the molecule is CCCCC/C=C\C/C=C\CCCCCCCCCC(=O)OC(COC(=O)CC/C=C\C/C=C\CCCCCCCC)COC(=O)CCCCCCC\C=C/C=C\C=C/CCCCCCC.